The maximum absolute atomic E-state index is 15.7. The van der Waals surface area contributed by atoms with Gasteiger partial charge in [-0.25, -0.2) is 32.4 Å². The highest BCUT2D eigenvalue weighted by Gasteiger charge is 2.47. The lowest BCUT2D eigenvalue weighted by atomic mass is 9.89. The number of thioether (sulfide) groups is 1. The minimum Gasteiger partial charge on any atom is -0.479 e. The third kappa shape index (κ3) is 13.0. The Kier molecular flexibility index (Phi) is 16.0. The van der Waals surface area contributed by atoms with Crippen LogP contribution in [-0.4, -0.2) is 86.8 Å². The highest BCUT2D eigenvalue weighted by Crippen LogP contribution is 2.42. The zero-order valence-electron chi connectivity index (χ0n) is 30.0. The number of carbonyl (C=O) groups excluding carboxylic acids is 3. The molecule has 56 heavy (non-hydrogen) atoms. The number of halogens is 3. The van der Waals surface area contributed by atoms with Crippen LogP contribution in [0.15, 0.2) is 67.3 Å². The molecule has 0 amide bonds. The van der Waals surface area contributed by atoms with Crippen molar-refractivity contribution in [3.63, 3.8) is 0 Å². The fraction of sp³-hybridized carbons (Fsp3) is 0.378. The van der Waals surface area contributed by atoms with Crippen LogP contribution in [0.2, 0.25) is 0 Å². The van der Waals surface area contributed by atoms with Crippen molar-refractivity contribution in [1.82, 2.24) is 14.8 Å². The van der Waals surface area contributed by atoms with Crippen molar-refractivity contribution in [3.05, 3.63) is 101 Å². The Hall–Kier alpha value is -5.71. The highest BCUT2D eigenvalue weighted by atomic mass is 32.2. The second-order valence-corrected chi connectivity index (χ2v) is 13.7. The highest BCUT2D eigenvalue weighted by molar-refractivity contribution is 8.00. The molecule has 15 nitrogen and oxygen atoms in total. The molecule has 0 radical (unpaired) electrons. The van der Waals surface area contributed by atoms with E-state index in [1.165, 1.54) is 54.2 Å². The molecule has 0 aliphatic carbocycles. The van der Waals surface area contributed by atoms with Crippen molar-refractivity contribution in [2.24, 2.45) is 0 Å². The number of carbonyl (C=O) groups is 4. The van der Waals surface area contributed by atoms with Gasteiger partial charge in [0.05, 0.1) is 36.6 Å². The van der Waals surface area contributed by atoms with Crippen molar-refractivity contribution in [3.8, 4) is 6.07 Å². The van der Waals surface area contributed by atoms with Crippen molar-refractivity contribution < 1.29 is 65.9 Å². The van der Waals surface area contributed by atoms with Crippen LogP contribution in [0.3, 0.4) is 0 Å². The van der Waals surface area contributed by atoms with Crippen LogP contribution in [0.4, 0.5) is 18.0 Å². The third-order valence-electron chi connectivity index (χ3n) is 7.92. The average molecular weight is 803 g/mol. The van der Waals surface area contributed by atoms with Gasteiger partial charge in [-0.1, -0.05) is 24.3 Å². The van der Waals surface area contributed by atoms with Gasteiger partial charge in [-0.15, -0.1) is 11.8 Å². The van der Waals surface area contributed by atoms with E-state index in [1.54, 1.807) is 25.2 Å². The predicted molar refractivity (Wildman–Crippen MR) is 189 cm³/mol. The summed E-state index contributed by atoms with van der Waals surface area (Å²) in [6.07, 6.45) is 4.57. The van der Waals surface area contributed by atoms with Crippen LogP contribution >= 0.6 is 11.8 Å². The van der Waals surface area contributed by atoms with Gasteiger partial charge >= 0.3 is 24.1 Å². The first-order valence-electron chi connectivity index (χ1n) is 17.0. The SMILES string of the molecule is CC(OC(=O)CCCC(=O)OCC(=O)O)OC(=O)OC(Cn1cncn1)(c1ccc(F)cc1F)C(C)SC1COC(C=CC=Cc2ccc(C#N)cc2F)OC1. The number of benzene rings is 2. The zero-order chi connectivity index (χ0) is 40.7. The van der Waals surface area contributed by atoms with Gasteiger partial charge in [0.25, 0.3) is 0 Å². The molecule has 1 N–H and O–H groups in total. The van der Waals surface area contributed by atoms with E-state index in [1.807, 2.05) is 6.07 Å². The van der Waals surface area contributed by atoms with E-state index in [9.17, 15) is 28.0 Å². The zero-order valence-corrected chi connectivity index (χ0v) is 30.9. The largest absolute Gasteiger partial charge is 0.512 e. The van der Waals surface area contributed by atoms with Gasteiger partial charge in [-0.3, -0.25) is 9.59 Å². The lowest BCUT2D eigenvalue weighted by Crippen LogP contribution is -2.47. The van der Waals surface area contributed by atoms with Gasteiger partial charge in [0, 0.05) is 42.2 Å². The van der Waals surface area contributed by atoms with E-state index >= 15 is 4.39 Å². The van der Waals surface area contributed by atoms with Gasteiger partial charge in [0.15, 0.2) is 18.5 Å². The molecule has 298 valence electrons. The molecule has 3 unspecified atom stereocenters. The summed E-state index contributed by atoms with van der Waals surface area (Å²) in [6, 6.07) is 8.74. The van der Waals surface area contributed by atoms with Gasteiger partial charge in [0.2, 0.25) is 6.29 Å². The summed E-state index contributed by atoms with van der Waals surface area (Å²) in [5, 5.41) is 20.4. The first-order valence-corrected chi connectivity index (χ1v) is 17.9. The number of aromatic nitrogens is 3. The molecule has 0 saturated carbocycles. The van der Waals surface area contributed by atoms with Crippen LogP contribution in [0.1, 0.15) is 49.8 Å². The summed E-state index contributed by atoms with van der Waals surface area (Å²) in [5.74, 6) is -5.50. The van der Waals surface area contributed by atoms with Crippen LogP contribution in [-0.2, 0) is 55.0 Å². The number of carboxylic acid groups (broad SMARTS) is 1. The van der Waals surface area contributed by atoms with Gasteiger partial charge in [0.1, 0.15) is 30.1 Å². The van der Waals surface area contributed by atoms with E-state index in [4.69, 9.17) is 34.1 Å². The number of hydrogen-bond acceptors (Lipinski definition) is 14. The number of nitrogens with zero attached hydrogens (tertiary/aromatic N) is 4. The maximum Gasteiger partial charge on any atom is 0.512 e. The van der Waals surface area contributed by atoms with Crippen LogP contribution in [0.25, 0.3) is 6.08 Å². The Morgan fingerprint density at radius 3 is 2.46 bits per heavy atom. The monoisotopic (exact) mass is 802 g/mol. The molecule has 0 spiro atoms. The summed E-state index contributed by atoms with van der Waals surface area (Å²) in [7, 11) is 0. The quantitative estimate of drug-likeness (QED) is 0.0738. The first-order chi connectivity index (χ1) is 26.8. The number of rotatable bonds is 18. The number of aliphatic carboxylic acids is 1. The molecule has 3 atom stereocenters. The fourth-order valence-corrected chi connectivity index (χ4v) is 6.65. The standard InChI is InChI=1S/C37H37F3N4O11S/c1-23(56-28-17-51-35(52-18-28)9-4-3-6-26-11-10-25(16-41)14-30(26)39)37(20-44-22-42-21-43-44,29-13-12-27(38)15-31(29)40)55-36(49)54-24(2)53-34(48)8-5-7-33(47)50-19-32(45)46/h3-4,6,9-15,21-24,28,35H,5,7-8,17-20H2,1-2H3,(H,45,46). The Bertz CT molecular complexity index is 1930. The molecule has 2 heterocycles. The predicted octanol–water partition coefficient (Wildman–Crippen LogP) is 5.44. The second kappa shape index (κ2) is 20.8. The Morgan fingerprint density at radius 1 is 1.05 bits per heavy atom. The number of allylic oxidation sites excluding steroid dienone is 2. The Balaban J connectivity index is 1.43. The summed E-state index contributed by atoms with van der Waals surface area (Å²) in [6.45, 7) is 1.99. The topological polar surface area (TPSA) is 198 Å². The molecular weight excluding hydrogens is 765 g/mol. The van der Waals surface area contributed by atoms with E-state index < -0.39 is 76.8 Å². The summed E-state index contributed by atoms with van der Waals surface area (Å²) in [5.41, 5.74) is -1.69. The smallest absolute Gasteiger partial charge is 0.479 e. The van der Waals surface area contributed by atoms with Gasteiger partial charge in [-0.05, 0) is 43.7 Å². The van der Waals surface area contributed by atoms with Crippen molar-refractivity contribution in [2.75, 3.05) is 19.8 Å². The lowest BCUT2D eigenvalue weighted by Gasteiger charge is -2.40. The number of esters is 2. The Labute approximate surface area is 323 Å². The lowest BCUT2D eigenvalue weighted by molar-refractivity contribution is -0.172. The molecule has 1 saturated heterocycles. The summed E-state index contributed by atoms with van der Waals surface area (Å²) < 4.78 is 77.7. The molecule has 2 aromatic carbocycles. The molecule has 1 aliphatic rings. The van der Waals surface area contributed by atoms with Crippen molar-refractivity contribution in [1.29, 1.82) is 5.26 Å². The minimum atomic E-state index is -1.95. The fourth-order valence-electron chi connectivity index (χ4n) is 5.29. The van der Waals surface area contributed by atoms with Crippen LogP contribution in [0.5, 0.6) is 0 Å². The van der Waals surface area contributed by atoms with Gasteiger partial charge < -0.3 is 33.5 Å². The summed E-state index contributed by atoms with van der Waals surface area (Å²) in [4.78, 5) is 51.7. The molecular formula is C37H37F3N4O11S. The molecule has 1 aromatic heterocycles. The molecule has 1 aliphatic heterocycles. The van der Waals surface area contributed by atoms with Crippen LogP contribution < -0.4 is 0 Å². The average Bonchev–Trinajstić information content (AvgIpc) is 3.66. The molecule has 1 fully saturated rings. The van der Waals surface area contributed by atoms with E-state index in [0.717, 1.165) is 18.2 Å². The van der Waals surface area contributed by atoms with E-state index in [-0.39, 0.29) is 55.7 Å². The molecule has 0 bridgehead atoms. The molecule has 4 rings (SSSR count). The minimum absolute atomic E-state index is 0.0438. The summed E-state index contributed by atoms with van der Waals surface area (Å²) >= 11 is 1.21. The third-order valence-corrected chi connectivity index (χ3v) is 9.37. The number of nitriles is 1. The Morgan fingerprint density at radius 2 is 1.80 bits per heavy atom. The van der Waals surface area contributed by atoms with E-state index in [2.05, 4.69) is 14.8 Å². The van der Waals surface area contributed by atoms with Crippen molar-refractivity contribution in [2.45, 2.75) is 68.3 Å². The van der Waals surface area contributed by atoms with Gasteiger partial charge in [-0.2, -0.15) is 10.4 Å². The first kappa shape index (κ1) is 43.0. The van der Waals surface area contributed by atoms with Crippen molar-refractivity contribution >= 4 is 41.9 Å². The molecule has 3 aromatic rings. The number of carboxylic acids is 1. The van der Waals surface area contributed by atoms with Crippen LogP contribution in [0, 0.1) is 28.8 Å². The second-order valence-electron chi connectivity index (χ2n) is 12.1. The van der Waals surface area contributed by atoms with E-state index in [0.29, 0.717) is 6.07 Å². The maximum atomic E-state index is 15.7. The number of ether oxygens (including phenoxy) is 6. The number of hydrogen-bond donors (Lipinski definition) is 1. The molecule has 19 heteroatoms. The normalized spacial score (nSPS) is 17.7.